The molecule has 0 aliphatic heterocycles. The van der Waals surface area contributed by atoms with Crippen molar-refractivity contribution in [2.45, 2.75) is 13.5 Å². The number of nitrogens with one attached hydrogen (secondary N) is 1. The fourth-order valence-corrected chi connectivity index (χ4v) is 3.14. The normalized spacial score (nSPS) is 10.9. The topological polar surface area (TPSA) is 62.5 Å². The zero-order valence-corrected chi connectivity index (χ0v) is 16.1. The smallest absolute Gasteiger partial charge is 0.276 e. The van der Waals surface area contributed by atoms with Crippen molar-refractivity contribution in [3.8, 4) is 0 Å². The van der Waals surface area contributed by atoms with Crippen LogP contribution in [0.15, 0.2) is 66.9 Å². The Hall–Kier alpha value is -3.74. The van der Waals surface area contributed by atoms with Crippen LogP contribution in [0.2, 0.25) is 0 Å². The fourth-order valence-electron chi connectivity index (χ4n) is 3.14. The SMILES string of the molecule is Cc1cn2nc(C(=O)Nc3ccc(F)cc3)cc2c(N(C)Cc2ccccc2)n1. The molecule has 2 aromatic heterocycles. The molecule has 0 saturated heterocycles. The third-order valence-corrected chi connectivity index (χ3v) is 4.52. The lowest BCUT2D eigenvalue weighted by molar-refractivity contribution is 0.102. The fraction of sp³-hybridized carbons (Fsp3) is 0.136. The Kier molecular flexibility index (Phi) is 4.95. The number of anilines is 2. The number of nitrogens with zero attached hydrogens (tertiary/aromatic N) is 4. The minimum atomic E-state index is -0.366. The maximum absolute atomic E-state index is 13.1. The molecule has 0 spiro atoms. The third kappa shape index (κ3) is 4.08. The highest BCUT2D eigenvalue weighted by molar-refractivity contribution is 6.04. The van der Waals surface area contributed by atoms with Gasteiger partial charge >= 0.3 is 0 Å². The highest BCUT2D eigenvalue weighted by Gasteiger charge is 2.17. The van der Waals surface area contributed by atoms with Gasteiger partial charge in [0.25, 0.3) is 5.91 Å². The molecule has 0 aliphatic rings. The van der Waals surface area contributed by atoms with Gasteiger partial charge in [-0.05, 0) is 36.8 Å². The molecule has 0 unspecified atom stereocenters. The minimum absolute atomic E-state index is 0.260. The molecular weight excluding hydrogens is 369 g/mol. The molecule has 0 fully saturated rings. The molecule has 29 heavy (non-hydrogen) atoms. The van der Waals surface area contributed by atoms with Crippen LogP contribution in [-0.4, -0.2) is 27.6 Å². The predicted molar refractivity (Wildman–Crippen MR) is 111 cm³/mol. The molecule has 0 aliphatic carbocycles. The van der Waals surface area contributed by atoms with Crippen LogP contribution in [0.1, 0.15) is 21.7 Å². The van der Waals surface area contributed by atoms with E-state index < -0.39 is 0 Å². The summed E-state index contributed by atoms with van der Waals surface area (Å²) in [7, 11) is 1.96. The summed E-state index contributed by atoms with van der Waals surface area (Å²) < 4.78 is 14.7. The molecule has 1 amide bonds. The van der Waals surface area contributed by atoms with Gasteiger partial charge in [0.15, 0.2) is 11.5 Å². The Labute approximate surface area is 167 Å². The molecule has 0 bridgehead atoms. The van der Waals surface area contributed by atoms with Gasteiger partial charge < -0.3 is 10.2 Å². The van der Waals surface area contributed by atoms with E-state index in [2.05, 4.69) is 27.5 Å². The van der Waals surface area contributed by atoms with E-state index in [1.54, 1.807) is 16.8 Å². The van der Waals surface area contributed by atoms with E-state index in [0.29, 0.717) is 12.2 Å². The van der Waals surface area contributed by atoms with Gasteiger partial charge in [-0.1, -0.05) is 30.3 Å². The monoisotopic (exact) mass is 389 g/mol. The lowest BCUT2D eigenvalue weighted by Gasteiger charge is -2.19. The third-order valence-electron chi connectivity index (χ3n) is 4.52. The van der Waals surface area contributed by atoms with E-state index in [4.69, 9.17) is 0 Å². The molecule has 146 valence electrons. The van der Waals surface area contributed by atoms with Crippen molar-refractivity contribution in [1.82, 2.24) is 14.6 Å². The van der Waals surface area contributed by atoms with Crippen LogP contribution in [0.4, 0.5) is 15.9 Å². The molecule has 4 rings (SSSR count). The second-order valence-electron chi connectivity index (χ2n) is 6.87. The molecule has 2 aromatic carbocycles. The summed E-state index contributed by atoms with van der Waals surface area (Å²) >= 11 is 0. The number of amides is 1. The Bertz CT molecular complexity index is 1160. The lowest BCUT2D eigenvalue weighted by atomic mass is 10.2. The van der Waals surface area contributed by atoms with Crippen molar-refractivity contribution in [3.63, 3.8) is 0 Å². The van der Waals surface area contributed by atoms with Crippen molar-refractivity contribution >= 4 is 22.9 Å². The number of benzene rings is 2. The minimum Gasteiger partial charge on any atom is -0.354 e. The summed E-state index contributed by atoms with van der Waals surface area (Å²) in [5, 5.41) is 7.14. The van der Waals surface area contributed by atoms with Gasteiger partial charge in [0, 0.05) is 25.3 Å². The summed E-state index contributed by atoms with van der Waals surface area (Å²) in [5.74, 6) is 0.0141. The summed E-state index contributed by atoms with van der Waals surface area (Å²) in [6, 6.07) is 17.4. The Morgan fingerprint density at radius 3 is 2.59 bits per heavy atom. The highest BCUT2D eigenvalue weighted by atomic mass is 19.1. The van der Waals surface area contributed by atoms with Crippen LogP contribution < -0.4 is 10.2 Å². The second-order valence-corrected chi connectivity index (χ2v) is 6.87. The second kappa shape index (κ2) is 7.71. The maximum Gasteiger partial charge on any atom is 0.276 e. The first-order chi connectivity index (χ1) is 14.0. The Morgan fingerprint density at radius 2 is 1.86 bits per heavy atom. The molecule has 7 heteroatoms. The number of aromatic nitrogens is 3. The number of fused-ring (bicyclic) bond motifs is 1. The maximum atomic E-state index is 13.1. The number of carbonyl (C=O) groups excluding carboxylic acids is 1. The van der Waals surface area contributed by atoms with E-state index in [-0.39, 0.29) is 17.4 Å². The first-order valence-electron chi connectivity index (χ1n) is 9.18. The highest BCUT2D eigenvalue weighted by Crippen LogP contribution is 2.22. The molecule has 6 nitrogen and oxygen atoms in total. The van der Waals surface area contributed by atoms with Crippen LogP contribution in [0.3, 0.4) is 0 Å². The van der Waals surface area contributed by atoms with E-state index in [1.165, 1.54) is 24.3 Å². The van der Waals surface area contributed by atoms with Crippen LogP contribution in [0.5, 0.6) is 0 Å². The Balaban J connectivity index is 1.63. The van der Waals surface area contributed by atoms with Crippen molar-refractivity contribution < 1.29 is 9.18 Å². The summed E-state index contributed by atoms with van der Waals surface area (Å²) in [6.07, 6.45) is 1.78. The number of rotatable bonds is 5. The van der Waals surface area contributed by atoms with Gasteiger partial charge in [0.1, 0.15) is 11.3 Å². The number of halogens is 1. The Morgan fingerprint density at radius 1 is 1.14 bits per heavy atom. The van der Waals surface area contributed by atoms with Crippen molar-refractivity contribution in [2.75, 3.05) is 17.3 Å². The summed E-state index contributed by atoms with van der Waals surface area (Å²) in [4.78, 5) is 19.3. The van der Waals surface area contributed by atoms with E-state index in [1.807, 2.05) is 37.1 Å². The van der Waals surface area contributed by atoms with Gasteiger partial charge in [-0.25, -0.2) is 13.9 Å². The number of hydrogen-bond acceptors (Lipinski definition) is 4. The molecule has 0 atom stereocenters. The standard InChI is InChI=1S/C22H20FN5O/c1-15-13-28-20(21(24-15)27(2)14-16-6-4-3-5-7-16)12-19(26-28)22(29)25-18-10-8-17(23)9-11-18/h3-13H,14H2,1-2H3,(H,25,29). The first kappa shape index (κ1) is 18.6. The van der Waals surface area contributed by atoms with Gasteiger partial charge in [0.05, 0.1) is 11.9 Å². The van der Waals surface area contributed by atoms with Gasteiger partial charge in [-0.2, -0.15) is 5.10 Å². The van der Waals surface area contributed by atoms with E-state index in [0.717, 1.165) is 22.6 Å². The zero-order valence-electron chi connectivity index (χ0n) is 16.1. The van der Waals surface area contributed by atoms with E-state index in [9.17, 15) is 9.18 Å². The molecule has 1 N–H and O–H groups in total. The number of hydrogen-bond donors (Lipinski definition) is 1. The van der Waals surface area contributed by atoms with Gasteiger partial charge in [-0.3, -0.25) is 4.79 Å². The van der Waals surface area contributed by atoms with Gasteiger partial charge in [-0.15, -0.1) is 0 Å². The molecule has 0 radical (unpaired) electrons. The molecule has 2 heterocycles. The van der Waals surface area contributed by atoms with Crippen LogP contribution in [0.25, 0.3) is 5.52 Å². The largest absolute Gasteiger partial charge is 0.354 e. The average molecular weight is 389 g/mol. The van der Waals surface area contributed by atoms with Crippen molar-refractivity contribution in [3.05, 3.63) is 89.6 Å². The lowest BCUT2D eigenvalue weighted by Crippen LogP contribution is -2.19. The molecular formula is C22H20FN5O. The average Bonchev–Trinajstić information content (AvgIpc) is 3.14. The summed E-state index contributed by atoms with van der Waals surface area (Å²) in [6.45, 7) is 2.56. The van der Waals surface area contributed by atoms with Crippen LogP contribution in [-0.2, 0) is 6.54 Å². The van der Waals surface area contributed by atoms with Gasteiger partial charge in [0.2, 0.25) is 0 Å². The number of aryl methyl sites for hydroxylation is 1. The van der Waals surface area contributed by atoms with Crippen LogP contribution >= 0.6 is 0 Å². The predicted octanol–water partition coefficient (Wildman–Crippen LogP) is 4.07. The van der Waals surface area contributed by atoms with Crippen molar-refractivity contribution in [2.24, 2.45) is 0 Å². The first-order valence-corrected chi connectivity index (χ1v) is 9.18. The van der Waals surface area contributed by atoms with Crippen LogP contribution in [0, 0.1) is 12.7 Å². The van der Waals surface area contributed by atoms with E-state index >= 15 is 0 Å². The quantitative estimate of drug-likeness (QED) is 0.559. The molecule has 0 saturated carbocycles. The summed E-state index contributed by atoms with van der Waals surface area (Å²) in [5.41, 5.74) is 3.45. The zero-order chi connectivity index (χ0) is 20.4. The number of carbonyl (C=O) groups is 1. The molecule has 4 aromatic rings. The van der Waals surface area contributed by atoms with Crippen molar-refractivity contribution in [1.29, 1.82) is 0 Å².